The lowest BCUT2D eigenvalue weighted by atomic mass is 9.89. The highest BCUT2D eigenvalue weighted by Crippen LogP contribution is 2.42. The van der Waals surface area contributed by atoms with Gasteiger partial charge in [0.25, 0.3) is 0 Å². The molecule has 226 valence electrons. The molecule has 2 aliphatic heterocycles. The molecule has 1 aromatic carbocycles. The highest BCUT2D eigenvalue weighted by atomic mass is 32.2. The molecule has 0 saturated carbocycles. The molecule has 0 aliphatic carbocycles. The first-order valence-corrected chi connectivity index (χ1v) is 14.1. The maximum absolute atomic E-state index is 12.2. The Morgan fingerprint density at radius 2 is 1.52 bits per heavy atom. The number of nitriles is 1. The largest absolute Gasteiger partial charge is 0.497 e. The minimum absolute atomic E-state index is 0.346. The molecular formula is C29H34N2O10S. The van der Waals surface area contributed by atoms with Crippen LogP contribution in [0, 0.1) is 11.3 Å². The molecule has 0 spiro atoms. The number of nitrogens with one attached hydrogen (secondary N) is 1. The number of allylic oxidation sites excluding steroid dienone is 3. The van der Waals surface area contributed by atoms with Gasteiger partial charge in [-0.05, 0) is 24.1 Å². The second-order valence-electron chi connectivity index (χ2n) is 9.46. The number of ether oxygens (including phenoxy) is 6. The highest BCUT2D eigenvalue weighted by molar-refractivity contribution is 8.03. The van der Waals surface area contributed by atoms with E-state index in [0.717, 1.165) is 36.9 Å². The summed E-state index contributed by atoms with van der Waals surface area (Å²) in [5.41, 5.74) is 0.974. The van der Waals surface area contributed by atoms with Crippen molar-refractivity contribution in [2.45, 2.75) is 76.8 Å². The number of benzene rings is 1. The van der Waals surface area contributed by atoms with Gasteiger partial charge in [0.1, 0.15) is 18.5 Å². The molecule has 3 rings (SSSR count). The number of rotatable bonds is 10. The Hall–Kier alpha value is -4.02. The van der Waals surface area contributed by atoms with E-state index in [2.05, 4.69) is 11.4 Å². The van der Waals surface area contributed by atoms with E-state index in [1.807, 2.05) is 25.1 Å². The van der Waals surface area contributed by atoms with E-state index in [4.69, 9.17) is 28.4 Å². The number of dihydropyridines is 1. The summed E-state index contributed by atoms with van der Waals surface area (Å²) in [5, 5.41) is 14.0. The molecular weight excluding hydrogens is 568 g/mol. The van der Waals surface area contributed by atoms with E-state index in [1.54, 1.807) is 19.2 Å². The van der Waals surface area contributed by atoms with Crippen molar-refractivity contribution in [3.8, 4) is 11.8 Å². The fourth-order valence-corrected chi connectivity index (χ4v) is 5.84. The summed E-state index contributed by atoms with van der Waals surface area (Å²) in [6, 6.07) is 9.63. The Morgan fingerprint density at radius 1 is 0.929 bits per heavy atom. The summed E-state index contributed by atoms with van der Waals surface area (Å²) in [6.45, 7) is 6.30. The van der Waals surface area contributed by atoms with Crippen molar-refractivity contribution >= 4 is 35.6 Å². The lowest BCUT2D eigenvalue weighted by Gasteiger charge is -2.44. The van der Waals surface area contributed by atoms with Gasteiger partial charge in [0.2, 0.25) is 0 Å². The molecule has 1 N–H and O–H groups in total. The normalized spacial score (nSPS) is 25.2. The van der Waals surface area contributed by atoms with Gasteiger partial charge in [-0.1, -0.05) is 36.9 Å². The maximum Gasteiger partial charge on any atom is 0.303 e. The fraction of sp³-hybridized carbons (Fsp3) is 0.483. The molecule has 0 bridgehead atoms. The summed E-state index contributed by atoms with van der Waals surface area (Å²) in [4.78, 5) is 48.0. The third kappa shape index (κ3) is 8.27. The highest BCUT2D eigenvalue weighted by Gasteiger charge is 2.53. The fourth-order valence-electron chi connectivity index (χ4n) is 4.57. The zero-order chi connectivity index (χ0) is 31.0. The van der Waals surface area contributed by atoms with Gasteiger partial charge in [0, 0.05) is 39.3 Å². The van der Waals surface area contributed by atoms with Crippen LogP contribution < -0.4 is 10.1 Å². The van der Waals surface area contributed by atoms with Crippen LogP contribution in [-0.4, -0.2) is 67.4 Å². The molecule has 13 heteroatoms. The maximum atomic E-state index is 12.2. The van der Waals surface area contributed by atoms with Gasteiger partial charge < -0.3 is 33.7 Å². The van der Waals surface area contributed by atoms with E-state index < -0.39 is 59.6 Å². The van der Waals surface area contributed by atoms with Crippen molar-refractivity contribution in [3.63, 3.8) is 0 Å². The third-order valence-corrected chi connectivity index (χ3v) is 7.53. The molecule has 1 unspecified atom stereocenters. The Labute approximate surface area is 248 Å². The molecule has 0 amide bonds. The standard InChI is InChI=1S/C29H34N2O10S/c1-7-20-12-22(19-8-10-21(36-6)11-9-19)23(13-30)28(31-20)42-29-27(40-18(5)35)26(39-17(4)34)25(38-16(3)33)24(41-29)14-37-15(2)32/h8-12,22,24-27,29,31H,7,14H2,1-6H3/t22?,24-,25+,26+,27-,29+/m1/s1. The Kier molecular flexibility index (Phi) is 11.4. The zero-order valence-electron chi connectivity index (χ0n) is 24.2. The minimum Gasteiger partial charge on any atom is -0.497 e. The van der Waals surface area contributed by atoms with Crippen LogP contribution in [0.4, 0.5) is 0 Å². The van der Waals surface area contributed by atoms with Crippen molar-refractivity contribution in [2.24, 2.45) is 0 Å². The molecule has 2 aliphatic rings. The molecule has 1 fully saturated rings. The quantitative estimate of drug-likeness (QED) is 0.307. The third-order valence-electron chi connectivity index (χ3n) is 6.36. The molecule has 12 nitrogen and oxygen atoms in total. The monoisotopic (exact) mass is 602 g/mol. The van der Waals surface area contributed by atoms with Crippen molar-refractivity contribution in [1.82, 2.24) is 5.32 Å². The van der Waals surface area contributed by atoms with Gasteiger partial charge in [0.15, 0.2) is 23.7 Å². The smallest absolute Gasteiger partial charge is 0.303 e. The van der Waals surface area contributed by atoms with Gasteiger partial charge in [-0.3, -0.25) is 19.2 Å². The van der Waals surface area contributed by atoms with Gasteiger partial charge in [-0.25, -0.2) is 0 Å². The summed E-state index contributed by atoms with van der Waals surface area (Å²) < 4.78 is 33.2. The second kappa shape index (κ2) is 14.7. The molecule has 0 radical (unpaired) electrons. The van der Waals surface area contributed by atoms with Crippen molar-refractivity contribution in [2.75, 3.05) is 13.7 Å². The topological polar surface area (TPSA) is 159 Å². The first kappa shape index (κ1) is 32.5. The van der Waals surface area contributed by atoms with Gasteiger partial charge >= 0.3 is 23.9 Å². The molecule has 0 aromatic heterocycles. The number of esters is 4. The Bertz CT molecular complexity index is 1290. The number of carbonyl (C=O) groups is 4. The van der Waals surface area contributed by atoms with E-state index in [1.165, 1.54) is 13.8 Å². The van der Waals surface area contributed by atoms with Gasteiger partial charge in [-0.15, -0.1) is 0 Å². The van der Waals surface area contributed by atoms with Crippen molar-refractivity contribution in [3.05, 3.63) is 52.2 Å². The predicted octanol–water partition coefficient (Wildman–Crippen LogP) is 3.23. The number of methoxy groups -OCH3 is 1. The van der Waals surface area contributed by atoms with Crippen molar-refractivity contribution in [1.29, 1.82) is 5.26 Å². The van der Waals surface area contributed by atoms with Crippen molar-refractivity contribution < 1.29 is 47.6 Å². The van der Waals surface area contributed by atoms with Gasteiger partial charge in [-0.2, -0.15) is 5.26 Å². The summed E-state index contributed by atoms with van der Waals surface area (Å²) >= 11 is 1.05. The van der Waals surface area contributed by atoms with Crippen LogP contribution in [-0.2, 0) is 42.9 Å². The van der Waals surface area contributed by atoms with Crippen LogP contribution in [0.3, 0.4) is 0 Å². The number of carbonyl (C=O) groups excluding carboxylic acids is 4. The SMILES string of the molecule is CCC1=CC(c2ccc(OC)cc2)C(C#N)=C(S[C@@H]2O[C@H](COC(C)=O)[C@H](OC(C)=O)[C@H](OC(C)=O)[C@H]2OC(C)=O)N1. The summed E-state index contributed by atoms with van der Waals surface area (Å²) in [7, 11) is 1.57. The Balaban J connectivity index is 2.08. The average Bonchev–Trinajstić information content (AvgIpc) is 2.94. The lowest BCUT2D eigenvalue weighted by molar-refractivity contribution is -0.237. The summed E-state index contributed by atoms with van der Waals surface area (Å²) in [5.74, 6) is -2.51. The van der Waals surface area contributed by atoms with E-state index >= 15 is 0 Å². The first-order chi connectivity index (χ1) is 20.0. The zero-order valence-corrected chi connectivity index (χ0v) is 25.0. The number of hydrogen-bond donors (Lipinski definition) is 1. The predicted molar refractivity (Wildman–Crippen MR) is 149 cm³/mol. The summed E-state index contributed by atoms with van der Waals surface area (Å²) in [6.07, 6.45) is -2.37. The van der Waals surface area contributed by atoms with Crippen LogP contribution in [0.5, 0.6) is 5.75 Å². The van der Waals surface area contributed by atoms with Crippen LogP contribution >= 0.6 is 11.8 Å². The molecule has 42 heavy (non-hydrogen) atoms. The van der Waals surface area contributed by atoms with Gasteiger partial charge in [0.05, 0.1) is 23.8 Å². The molecule has 2 heterocycles. The molecule has 1 aromatic rings. The van der Waals surface area contributed by atoms with E-state index in [0.29, 0.717) is 22.8 Å². The minimum atomic E-state index is -1.31. The van der Waals surface area contributed by atoms with Crippen LogP contribution in [0.15, 0.2) is 46.6 Å². The number of hydrogen-bond acceptors (Lipinski definition) is 13. The lowest BCUT2D eigenvalue weighted by Crippen LogP contribution is -2.61. The number of nitrogens with zero attached hydrogens (tertiary/aromatic N) is 1. The molecule has 1 saturated heterocycles. The second-order valence-corrected chi connectivity index (χ2v) is 10.6. The molecule has 6 atom stereocenters. The van der Waals surface area contributed by atoms with Crippen LogP contribution in [0.2, 0.25) is 0 Å². The average molecular weight is 603 g/mol. The number of thioether (sulfide) groups is 1. The van der Waals surface area contributed by atoms with Crippen LogP contribution in [0.25, 0.3) is 0 Å². The van der Waals surface area contributed by atoms with E-state index in [9.17, 15) is 24.4 Å². The van der Waals surface area contributed by atoms with Crippen LogP contribution in [0.1, 0.15) is 52.5 Å². The first-order valence-electron chi connectivity index (χ1n) is 13.2. The van der Waals surface area contributed by atoms with E-state index in [-0.39, 0.29) is 6.61 Å². The Morgan fingerprint density at radius 3 is 2.05 bits per heavy atom.